The Bertz CT molecular complexity index is 643. The van der Waals surface area contributed by atoms with Crippen LogP contribution < -0.4 is 9.80 Å². The summed E-state index contributed by atoms with van der Waals surface area (Å²) >= 11 is 0. The molecule has 1 heterocycles. The number of halogens is 3. The molecule has 2 aromatic carbocycles. The van der Waals surface area contributed by atoms with Gasteiger partial charge in [0.05, 0.1) is 18.0 Å². The van der Waals surface area contributed by atoms with Crippen LogP contribution in [0.1, 0.15) is 5.56 Å². The van der Waals surface area contributed by atoms with Crippen LogP contribution in [0.25, 0.3) is 0 Å². The number of fused-ring (bicyclic) bond motifs is 1. The Labute approximate surface area is 141 Å². The van der Waals surface area contributed by atoms with Gasteiger partial charge in [0, 0.05) is 27.2 Å². The van der Waals surface area contributed by atoms with Crippen LogP contribution in [0.4, 0.5) is 30.2 Å². The van der Waals surface area contributed by atoms with Crippen LogP contribution >= 0.6 is 0 Å². The molecule has 0 N–H and O–H groups in total. The molecule has 0 saturated heterocycles. The van der Waals surface area contributed by atoms with Crippen molar-refractivity contribution in [1.29, 1.82) is 0 Å². The minimum absolute atomic E-state index is 0. The average molecular weight is 485 g/mol. The van der Waals surface area contributed by atoms with Gasteiger partial charge in [-0.3, -0.25) is 0 Å². The van der Waals surface area contributed by atoms with E-state index in [1.807, 2.05) is 41.1 Å². The summed E-state index contributed by atoms with van der Waals surface area (Å²) in [6.45, 7) is 0.511. The molecule has 121 valence electrons. The fourth-order valence-electron chi connectivity index (χ4n) is 2.37. The van der Waals surface area contributed by atoms with Gasteiger partial charge >= 0.3 is 6.18 Å². The maximum absolute atomic E-state index is 12.8. The maximum atomic E-state index is 12.8. The van der Waals surface area contributed by atoms with E-state index in [1.54, 1.807) is 0 Å². The van der Waals surface area contributed by atoms with Gasteiger partial charge in [0.1, 0.15) is 0 Å². The van der Waals surface area contributed by atoms with Crippen LogP contribution in [0.2, 0.25) is 0 Å². The first-order valence-electron chi connectivity index (χ1n) is 6.13. The maximum Gasteiger partial charge on any atom is 0.394 e. The van der Waals surface area contributed by atoms with Gasteiger partial charge < -0.3 is 17.2 Å². The molecule has 0 spiro atoms. The molecule has 2 nitrogen and oxygen atoms in total. The fourth-order valence-corrected chi connectivity index (χ4v) is 2.37. The average Bonchev–Trinajstić information content (AvgIpc) is 2.76. The van der Waals surface area contributed by atoms with Gasteiger partial charge in [-0.1, -0.05) is 23.4 Å². The van der Waals surface area contributed by atoms with Crippen molar-refractivity contribution in [3.05, 3.63) is 61.5 Å². The van der Waals surface area contributed by atoms with Crippen LogP contribution in [-0.4, -0.2) is 13.7 Å². The monoisotopic (exact) mass is 485 g/mol. The van der Waals surface area contributed by atoms with E-state index < -0.39 is 11.7 Å². The van der Waals surface area contributed by atoms with E-state index in [0.29, 0.717) is 12.4 Å². The van der Waals surface area contributed by atoms with Gasteiger partial charge in [-0.05, 0) is 12.1 Å². The summed E-state index contributed by atoms with van der Waals surface area (Å²) in [7, 11) is 1.91. The third kappa shape index (κ3) is 3.28. The standard InChI is InChI=1S/C15H12F3N2.CH3.Ir/c1-19-10-20(14-8-3-2-7-13(14)19)12-6-4-5-11(9-12)15(16,17)18;;/h2-5,7-9H,10H2,1H3;1H3;/q2*-1;. The van der Waals surface area contributed by atoms with E-state index in [-0.39, 0.29) is 27.5 Å². The Morgan fingerprint density at radius 3 is 2.36 bits per heavy atom. The van der Waals surface area contributed by atoms with E-state index in [2.05, 4.69) is 6.07 Å². The summed E-state index contributed by atoms with van der Waals surface area (Å²) in [6.07, 6.45) is -4.34. The van der Waals surface area contributed by atoms with E-state index in [1.165, 1.54) is 6.07 Å². The number of hydrogen-bond donors (Lipinski definition) is 0. The topological polar surface area (TPSA) is 6.48 Å². The molecule has 0 atom stereocenters. The molecule has 1 aliphatic heterocycles. The van der Waals surface area contributed by atoms with Crippen molar-refractivity contribution in [2.75, 3.05) is 23.5 Å². The summed E-state index contributed by atoms with van der Waals surface area (Å²) < 4.78 is 38.4. The molecule has 2 aromatic rings. The van der Waals surface area contributed by atoms with Gasteiger partial charge in [-0.15, -0.1) is 6.07 Å². The fraction of sp³-hybridized carbons (Fsp3) is 0.188. The zero-order valence-electron chi connectivity index (χ0n) is 12.1. The number of rotatable bonds is 1. The molecule has 0 aromatic heterocycles. The van der Waals surface area contributed by atoms with E-state index in [9.17, 15) is 13.2 Å². The van der Waals surface area contributed by atoms with Crippen LogP contribution in [-0.2, 0) is 26.3 Å². The summed E-state index contributed by atoms with van der Waals surface area (Å²) in [5.74, 6) is 0. The molecule has 3 rings (SSSR count). The molecule has 1 radical (unpaired) electrons. The molecule has 0 fully saturated rings. The quantitative estimate of drug-likeness (QED) is 0.550. The van der Waals surface area contributed by atoms with Crippen LogP contribution in [0.3, 0.4) is 0 Å². The number of nitrogens with zero attached hydrogens (tertiary/aromatic N) is 2. The van der Waals surface area contributed by atoms with E-state index in [4.69, 9.17) is 0 Å². The molecule has 0 aliphatic carbocycles. The largest absolute Gasteiger partial charge is 0.394 e. The predicted molar refractivity (Wildman–Crippen MR) is 78.5 cm³/mol. The third-order valence-electron chi connectivity index (χ3n) is 3.34. The minimum Gasteiger partial charge on any atom is -0.358 e. The molecule has 0 bridgehead atoms. The zero-order valence-corrected chi connectivity index (χ0v) is 14.5. The second-order valence-electron chi connectivity index (χ2n) is 4.72. The van der Waals surface area contributed by atoms with E-state index in [0.717, 1.165) is 23.5 Å². The molecule has 0 amide bonds. The van der Waals surface area contributed by atoms with Crippen molar-refractivity contribution in [2.45, 2.75) is 6.18 Å². The van der Waals surface area contributed by atoms with Crippen LogP contribution in [0.5, 0.6) is 0 Å². The molecular weight excluding hydrogens is 469 g/mol. The van der Waals surface area contributed by atoms with Crippen LogP contribution in [0.15, 0.2) is 42.5 Å². The minimum atomic E-state index is -4.34. The van der Waals surface area contributed by atoms with Gasteiger partial charge in [-0.25, -0.2) is 0 Å². The normalized spacial score (nSPS) is 13.3. The Morgan fingerprint density at radius 2 is 1.73 bits per heavy atom. The second-order valence-corrected chi connectivity index (χ2v) is 4.72. The number of anilines is 3. The number of hydrogen-bond acceptors (Lipinski definition) is 2. The first kappa shape index (κ1) is 18.5. The van der Waals surface area contributed by atoms with Gasteiger partial charge in [0.15, 0.2) is 0 Å². The van der Waals surface area contributed by atoms with E-state index >= 15 is 0 Å². The van der Waals surface area contributed by atoms with Crippen molar-refractivity contribution in [2.24, 2.45) is 0 Å². The van der Waals surface area contributed by atoms with Gasteiger partial charge in [0.2, 0.25) is 0 Å². The van der Waals surface area contributed by atoms with Gasteiger partial charge in [0.25, 0.3) is 0 Å². The number of benzene rings is 2. The van der Waals surface area contributed by atoms with Crippen molar-refractivity contribution < 1.29 is 33.3 Å². The Balaban J connectivity index is 0.00000121. The smallest absolute Gasteiger partial charge is 0.358 e. The Morgan fingerprint density at radius 1 is 1.09 bits per heavy atom. The first-order valence-corrected chi connectivity index (χ1v) is 6.13. The third-order valence-corrected chi connectivity index (χ3v) is 3.34. The van der Waals surface area contributed by atoms with Gasteiger partial charge in [-0.2, -0.15) is 31.4 Å². The summed E-state index contributed by atoms with van der Waals surface area (Å²) in [4.78, 5) is 3.81. The number of para-hydroxylation sites is 2. The SMILES string of the molecule is CN1CN(c2[c-]ccc(C(F)(F)F)c2)c2ccccc21.[CH3-].[Ir]. The first-order chi connectivity index (χ1) is 9.47. The Hall–Kier alpha value is -1.52. The zero-order chi connectivity index (χ0) is 14.3. The van der Waals surface area contributed by atoms with Crippen molar-refractivity contribution in [3.63, 3.8) is 0 Å². The molecule has 0 saturated carbocycles. The van der Waals surface area contributed by atoms with Crippen molar-refractivity contribution in [3.8, 4) is 0 Å². The van der Waals surface area contributed by atoms with Crippen LogP contribution in [0, 0.1) is 13.5 Å². The predicted octanol–water partition coefficient (Wildman–Crippen LogP) is 4.50. The summed E-state index contributed by atoms with van der Waals surface area (Å²) in [5.41, 5.74) is 1.67. The number of alkyl halides is 3. The molecule has 0 unspecified atom stereocenters. The molecule has 22 heavy (non-hydrogen) atoms. The van der Waals surface area contributed by atoms with Crippen molar-refractivity contribution in [1.82, 2.24) is 0 Å². The Kier molecular flexibility index (Phi) is 5.65. The summed E-state index contributed by atoms with van der Waals surface area (Å²) in [5, 5.41) is 0. The summed E-state index contributed by atoms with van der Waals surface area (Å²) in [6, 6.07) is 14.0. The molecular formula is C16H15F3IrN2-2. The molecule has 6 heteroatoms. The molecule has 1 aliphatic rings. The second kappa shape index (κ2) is 6.71. The van der Waals surface area contributed by atoms with Crippen molar-refractivity contribution >= 4 is 17.1 Å².